The Labute approximate surface area is 120 Å². The topological polar surface area (TPSA) is 12.0 Å². The van der Waals surface area contributed by atoms with Gasteiger partial charge in [0.15, 0.2) is 0 Å². The Morgan fingerprint density at radius 2 is 1.79 bits per heavy atom. The summed E-state index contributed by atoms with van der Waals surface area (Å²) in [6.07, 6.45) is 14.8. The lowest BCUT2D eigenvalue weighted by molar-refractivity contribution is 0.104. The van der Waals surface area contributed by atoms with E-state index in [1.165, 1.54) is 70.9 Å². The maximum Gasteiger partial charge on any atom is -0.00178 e. The first-order valence-electron chi connectivity index (χ1n) is 9.05. The summed E-state index contributed by atoms with van der Waals surface area (Å²) in [5.41, 5.74) is 0. The van der Waals surface area contributed by atoms with Gasteiger partial charge >= 0.3 is 0 Å². The van der Waals surface area contributed by atoms with E-state index in [4.69, 9.17) is 0 Å². The summed E-state index contributed by atoms with van der Waals surface area (Å²) < 4.78 is 0. The van der Waals surface area contributed by atoms with Crippen LogP contribution in [0.4, 0.5) is 0 Å². The lowest BCUT2D eigenvalue weighted by Gasteiger charge is -2.41. The van der Waals surface area contributed by atoms with Gasteiger partial charge in [-0.3, -0.25) is 0 Å². The summed E-state index contributed by atoms with van der Waals surface area (Å²) in [4.78, 5) is 0. The fourth-order valence-corrected chi connectivity index (χ4v) is 4.67. The molecule has 19 heavy (non-hydrogen) atoms. The van der Waals surface area contributed by atoms with Gasteiger partial charge in [0, 0.05) is 0 Å². The first-order valence-corrected chi connectivity index (χ1v) is 9.05. The summed E-state index contributed by atoms with van der Waals surface area (Å²) in [5, 5.41) is 3.70. The summed E-state index contributed by atoms with van der Waals surface area (Å²) in [7, 11) is 0. The number of nitrogens with one attached hydrogen (secondary N) is 1. The van der Waals surface area contributed by atoms with Gasteiger partial charge in [-0.15, -0.1) is 0 Å². The molecule has 1 N–H and O–H groups in total. The highest BCUT2D eigenvalue weighted by molar-refractivity contribution is 4.85. The molecular formula is C18H35N. The molecule has 0 aliphatic heterocycles. The van der Waals surface area contributed by atoms with E-state index in [2.05, 4.69) is 19.2 Å². The van der Waals surface area contributed by atoms with Crippen molar-refractivity contribution in [3.63, 3.8) is 0 Å². The Balaban J connectivity index is 1.86. The Morgan fingerprint density at radius 3 is 2.58 bits per heavy atom. The first kappa shape index (κ1) is 15.4. The Morgan fingerprint density at radius 1 is 0.947 bits per heavy atom. The zero-order valence-electron chi connectivity index (χ0n) is 13.3. The third-order valence-electron chi connectivity index (χ3n) is 5.81. The molecule has 0 spiro atoms. The fourth-order valence-electron chi connectivity index (χ4n) is 4.67. The molecule has 0 heterocycles. The van der Waals surface area contributed by atoms with Crippen LogP contribution >= 0.6 is 0 Å². The van der Waals surface area contributed by atoms with Crippen LogP contribution in [0.1, 0.15) is 78.1 Å². The van der Waals surface area contributed by atoms with Crippen LogP contribution in [0.15, 0.2) is 0 Å². The van der Waals surface area contributed by atoms with E-state index >= 15 is 0 Å². The van der Waals surface area contributed by atoms with E-state index in [1.807, 2.05) is 0 Å². The molecule has 2 rings (SSSR count). The molecule has 0 bridgehead atoms. The van der Waals surface area contributed by atoms with Crippen molar-refractivity contribution in [2.75, 3.05) is 13.1 Å². The predicted molar refractivity (Wildman–Crippen MR) is 84.3 cm³/mol. The van der Waals surface area contributed by atoms with Gasteiger partial charge in [-0.1, -0.05) is 52.4 Å². The second-order valence-corrected chi connectivity index (χ2v) is 7.11. The lowest BCUT2D eigenvalue weighted by atomic mass is 9.66. The average molecular weight is 265 g/mol. The standard InChI is InChI=1S/C18H35N/c1-3-12-19-14-17-9-5-6-11-18(17)16-10-7-8-15(4-2)13-16/h15-19H,3-14H2,1-2H3. The molecule has 4 atom stereocenters. The third-order valence-corrected chi connectivity index (χ3v) is 5.81. The van der Waals surface area contributed by atoms with Crippen molar-refractivity contribution in [2.24, 2.45) is 23.7 Å². The minimum atomic E-state index is 0.987. The van der Waals surface area contributed by atoms with Crippen LogP contribution in [0, 0.1) is 23.7 Å². The fraction of sp³-hybridized carbons (Fsp3) is 1.00. The molecule has 0 aromatic heterocycles. The van der Waals surface area contributed by atoms with Crippen molar-refractivity contribution in [3.05, 3.63) is 0 Å². The van der Waals surface area contributed by atoms with Gasteiger partial charge in [0.1, 0.15) is 0 Å². The van der Waals surface area contributed by atoms with Crippen molar-refractivity contribution in [3.8, 4) is 0 Å². The second kappa shape index (κ2) is 8.29. The normalized spacial score (nSPS) is 36.3. The third kappa shape index (κ3) is 4.48. The molecule has 4 unspecified atom stereocenters. The molecule has 1 nitrogen and oxygen atoms in total. The van der Waals surface area contributed by atoms with Crippen LogP contribution in [0.3, 0.4) is 0 Å². The zero-order valence-corrected chi connectivity index (χ0v) is 13.3. The average Bonchev–Trinajstić information content (AvgIpc) is 2.48. The van der Waals surface area contributed by atoms with Crippen LogP contribution in [0.25, 0.3) is 0 Å². The molecule has 0 saturated heterocycles. The molecule has 2 aliphatic carbocycles. The molecular weight excluding hydrogens is 230 g/mol. The predicted octanol–water partition coefficient (Wildman–Crippen LogP) is 5.01. The van der Waals surface area contributed by atoms with Crippen LogP contribution in [-0.2, 0) is 0 Å². The van der Waals surface area contributed by atoms with Gasteiger partial charge in [0.25, 0.3) is 0 Å². The molecule has 0 radical (unpaired) electrons. The summed E-state index contributed by atoms with van der Waals surface area (Å²) in [6, 6.07) is 0. The van der Waals surface area contributed by atoms with Gasteiger partial charge in [-0.05, 0) is 62.4 Å². The Hall–Kier alpha value is -0.0400. The molecule has 0 aromatic rings. The van der Waals surface area contributed by atoms with Crippen molar-refractivity contribution in [1.82, 2.24) is 5.32 Å². The van der Waals surface area contributed by atoms with E-state index in [9.17, 15) is 0 Å². The van der Waals surface area contributed by atoms with E-state index in [-0.39, 0.29) is 0 Å². The van der Waals surface area contributed by atoms with Crippen molar-refractivity contribution >= 4 is 0 Å². The highest BCUT2D eigenvalue weighted by Gasteiger charge is 2.34. The summed E-state index contributed by atoms with van der Waals surface area (Å²) in [5.74, 6) is 4.14. The van der Waals surface area contributed by atoms with E-state index in [1.54, 1.807) is 6.42 Å². The van der Waals surface area contributed by atoms with Gasteiger partial charge in [0.05, 0.1) is 0 Å². The Kier molecular flexibility index (Phi) is 6.70. The summed E-state index contributed by atoms with van der Waals surface area (Å²) in [6.45, 7) is 7.18. The molecule has 2 fully saturated rings. The summed E-state index contributed by atoms with van der Waals surface area (Å²) >= 11 is 0. The zero-order chi connectivity index (χ0) is 13.5. The van der Waals surface area contributed by atoms with Crippen LogP contribution < -0.4 is 5.32 Å². The molecule has 0 aromatic carbocycles. The van der Waals surface area contributed by atoms with Gasteiger partial charge in [-0.2, -0.15) is 0 Å². The maximum absolute atomic E-state index is 3.70. The monoisotopic (exact) mass is 265 g/mol. The van der Waals surface area contributed by atoms with Crippen LogP contribution in [0.2, 0.25) is 0 Å². The van der Waals surface area contributed by atoms with E-state index in [0.29, 0.717) is 0 Å². The van der Waals surface area contributed by atoms with Crippen molar-refractivity contribution in [2.45, 2.75) is 78.1 Å². The van der Waals surface area contributed by atoms with E-state index < -0.39 is 0 Å². The maximum atomic E-state index is 3.70. The van der Waals surface area contributed by atoms with Gasteiger partial charge in [-0.25, -0.2) is 0 Å². The highest BCUT2D eigenvalue weighted by atomic mass is 14.9. The minimum absolute atomic E-state index is 0.987. The van der Waals surface area contributed by atoms with Crippen LogP contribution in [0.5, 0.6) is 0 Å². The number of rotatable bonds is 6. The second-order valence-electron chi connectivity index (χ2n) is 7.11. The smallest absolute Gasteiger partial charge is 0.00178 e. The van der Waals surface area contributed by atoms with Crippen LogP contribution in [-0.4, -0.2) is 13.1 Å². The highest BCUT2D eigenvalue weighted by Crippen LogP contribution is 2.43. The first-order chi connectivity index (χ1) is 9.35. The largest absolute Gasteiger partial charge is 0.316 e. The molecule has 0 amide bonds. The SMILES string of the molecule is CCCNCC1CCCCC1C1CCCC(CC)C1. The van der Waals surface area contributed by atoms with Crippen molar-refractivity contribution in [1.29, 1.82) is 0 Å². The van der Waals surface area contributed by atoms with E-state index in [0.717, 1.165) is 23.7 Å². The van der Waals surface area contributed by atoms with Gasteiger partial charge < -0.3 is 5.32 Å². The number of hydrogen-bond acceptors (Lipinski definition) is 1. The quantitative estimate of drug-likeness (QED) is 0.666. The minimum Gasteiger partial charge on any atom is -0.316 e. The molecule has 2 saturated carbocycles. The molecule has 2 aliphatic rings. The van der Waals surface area contributed by atoms with Gasteiger partial charge in [0.2, 0.25) is 0 Å². The lowest BCUT2D eigenvalue weighted by Crippen LogP contribution is -2.36. The van der Waals surface area contributed by atoms with Crippen molar-refractivity contribution < 1.29 is 0 Å². The number of hydrogen-bond donors (Lipinski definition) is 1. The molecule has 112 valence electrons. The Bertz CT molecular complexity index is 238. The molecule has 1 heteroatoms.